The first kappa shape index (κ1) is 16.2. The number of rotatable bonds is 4. The number of thioether (sulfide) groups is 1. The molecule has 0 bridgehead atoms. The van der Waals surface area contributed by atoms with Crippen molar-refractivity contribution in [1.82, 2.24) is 5.43 Å². The molecule has 2 aromatic rings. The van der Waals surface area contributed by atoms with E-state index in [1.54, 1.807) is 25.3 Å². The molecule has 1 heterocycles. The van der Waals surface area contributed by atoms with Gasteiger partial charge in [0.05, 0.1) is 11.9 Å². The highest BCUT2D eigenvalue weighted by atomic mass is 32.2. The summed E-state index contributed by atoms with van der Waals surface area (Å²) in [5.74, 6) is 1.61. The first-order valence-corrected chi connectivity index (χ1v) is 8.15. The Hall–Kier alpha value is -2.69. The zero-order valence-corrected chi connectivity index (χ0v) is 13.7. The Balaban J connectivity index is 1.62. The minimum atomic E-state index is -0.295. The zero-order valence-electron chi connectivity index (χ0n) is 12.9. The highest BCUT2D eigenvalue weighted by Gasteiger charge is 2.20. The van der Waals surface area contributed by atoms with Gasteiger partial charge < -0.3 is 0 Å². The molecule has 0 aliphatic carbocycles. The average molecular weight is 339 g/mol. The monoisotopic (exact) mass is 339 g/mol. The van der Waals surface area contributed by atoms with Crippen LogP contribution in [-0.2, 0) is 4.79 Å². The van der Waals surface area contributed by atoms with Gasteiger partial charge in [0.25, 0.3) is 0 Å². The van der Waals surface area contributed by atoms with Crippen LogP contribution in [0, 0.1) is 5.82 Å². The van der Waals surface area contributed by atoms with E-state index in [9.17, 15) is 9.18 Å². The normalized spacial score (nSPS) is 17.0. The third kappa shape index (κ3) is 3.79. The van der Waals surface area contributed by atoms with Crippen LogP contribution in [0.5, 0.6) is 0 Å². The summed E-state index contributed by atoms with van der Waals surface area (Å²) >= 11 is 1.29. The highest BCUT2D eigenvalue weighted by molar-refractivity contribution is 8.05. The van der Waals surface area contributed by atoms with Crippen LogP contribution in [0.4, 0.5) is 4.39 Å². The molecule has 0 saturated heterocycles. The number of hydrogen-bond donors (Lipinski definition) is 1. The smallest absolute Gasteiger partial charge is 0.186 e. The molecule has 0 saturated carbocycles. The lowest BCUT2D eigenvalue weighted by Crippen LogP contribution is -2.15. The van der Waals surface area contributed by atoms with E-state index in [4.69, 9.17) is 0 Å². The molecular formula is C18H14FN3OS. The summed E-state index contributed by atoms with van der Waals surface area (Å²) in [6.45, 7) is 1.77. The molecule has 3 rings (SSSR count). The van der Waals surface area contributed by atoms with Gasteiger partial charge in [0.2, 0.25) is 0 Å². The fourth-order valence-electron chi connectivity index (χ4n) is 2.19. The van der Waals surface area contributed by atoms with Crippen molar-refractivity contribution in [3.63, 3.8) is 0 Å². The number of aliphatic imine (C=N–C) groups is 1. The summed E-state index contributed by atoms with van der Waals surface area (Å²) in [5, 5.41) is 4.15. The van der Waals surface area contributed by atoms with E-state index >= 15 is 0 Å². The number of hydrogen-bond acceptors (Lipinski definition) is 5. The van der Waals surface area contributed by atoms with E-state index in [1.165, 1.54) is 23.9 Å². The molecule has 1 aliphatic heterocycles. The third-order valence-electron chi connectivity index (χ3n) is 3.45. The second kappa shape index (κ2) is 7.25. The Morgan fingerprint density at radius 2 is 1.79 bits per heavy atom. The molecule has 0 radical (unpaired) electrons. The molecule has 1 atom stereocenters. The third-order valence-corrected chi connectivity index (χ3v) is 4.50. The van der Waals surface area contributed by atoms with E-state index in [1.807, 2.05) is 30.2 Å². The van der Waals surface area contributed by atoms with Gasteiger partial charge in [0.1, 0.15) is 16.7 Å². The van der Waals surface area contributed by atoms with Gasteiger partial charge in [-0.3, -0.25) is 10.4 Å². The van der Waals surface area contributed by atoms with Crippen LogP contribution in [0.2, 0.25) is 0 Å². The van der Waals surface area contributed by atoms with Gasteiger partial charge in [0, 0.05) is 0 Å². The Morgan fingerprint density at radius 3 is 2.38 bits per heavy atom. The van der Waals surface area contributed by atoms with Crippen LogP contribution < -0.4 is 5.43 Å². The summed E-state index contributed by atoms with van der Waals surface area (Å²) in [7, 11) is 0. The molecule has 6 heteroatoms. The fourth-order valence-corrected chi connectivity index (χ4v) is 3.01. The predicted molar refractivity (Wildman–Crippen MR) is 96.3 cm³/mol. The van der Waals surface area contributed by atoms with Gasteiger partial charge in [-0.15, -0.1) is 0 Å². The van der Waals surface area contributed by atoms with Gasteiger partial charge in [-0.1, -0.05) is 48.2 Å². The summed E-state index contributed by atoms with van der Waals surface area (Å²) in [5.41, 5.74) is 6.14. The van der Waals surface area contributed by atoms with E-state index in [2.05, 4.69) is 15.5 Å². The van der Waals surface area contributed by atoms with Crippen LogP contribution in [0.1, 0.15) is 12.5 Å². The van der Waals surface area contributed by atoms with Crippen molar-refractivity contribution in [3.05, 3.63) is 64.8 Å². The van der Waals surface area contributed by atoms with Gasteiger partial charge in [-0.05, 0) is 35.7 Å². The highest BCUT2D eigenvalue weighted by Crippen LogP contribution is 2.27. The Morgan fingerprint density at radius 1 is 1.17 bits per heavy atom. The fraction of sp³-hybridized carbons (Fsp3) is 0.111. The minimum absolute atomic E-state index is 0.246. The molecule has 1 unspecified atom stereocenters. The second-order valence-corrected chi connectivity index (χ2v) is 6.22. The molecule has 1 aliphatic rings. The van der Waals surface area contributed by atoms with Crippen LogP contribution in [-0.4, -0.2) is 23.4 Å². The molecular weight excluding hydrogens is 325 g/mol. The number of halogens is 1. The molecule has 120 valence electrons. The van der Waals surface area contributed by atoms with Gasteiger partial charge >= 0.3 is 0 Å². The number of nitrogens with one attached hydrogen (secondary N) is 1. The number of benzene rings is 2. The molecule has 0 amide bonds. The van der Waals surface area contributed by atoms with Crippen molar-refractivity contribution in [1.29, 1.82) is 0 Å². The lowest BCUT2D eigenvalue weighted by atomic mass is 10.0. The lowest BCUT2D eigenvalue weighted by molar-refractivity contribution is 0.569. The number of nitrogens with zero attached hydrogens (tertiary/aromatic N) is 2. The molecule has 0 fully saturated rings. The first-order chi connectivity index (χ1) is 11.7. The van der Waals surface area contributed by atoms with Crippen molar-refractivity contribution in [2.75, 3.05) is 0 Å². The van der Waals surface area contributed by atoms with E-state index < -0.39 is 0 Å². The predicted octanol–water partition coefficient (Wildman–Crippen LogP) is 3.62. The number of carbonyl (C=O) groups excluding carboxylic acids is 1. The Kier molecular flexibility index (Phi) is 4.89. The quantitative estimate of drug-likeness (QED) is 0.526. The maximum absolute atomic E-state index is 12.9. The van der Waals surface area contributed by atoms with Crippen molar-refractivity contribution in [2.45, 2.75) is 12.4 Å². The molecule has 2 aromatic carbocycles. The molecule has 1 N–H and O–H groups in total. The molecule has 24 heavy (non-hydrogen) atoms. The van der Waals surface area contributed by atoms with Crippen LogP contribution >= 0.6 is 11.8 Å². The molecule has 0 aromatic heterocycles. The first-order valence-electron chi connectivity index (χ1n) is 7.27. The van der Waals surface area contributed by atoms with Crippen molar-refractivity contribution in [3.8, 4) is 11.1 Å². The van der Waals surface area contributed by atoms with Gasteiger partial charge in [0.15, 0.2) is 5.50 Å². The summed E-state index contributed by atoms with van der Waals surface area (Å²) < 4.78 is 12.9. The van der Waals surface area contributed by atoms with Crippen LogP contribution in [0.25, 0.3) is 11.1 Å². The minimum Gasteiger partial charge on any atom is -0.276 e. The van der Waals surface area contributed by atoms with E-state index in [-0.39, 0.29) is 11.3 Å². The molecule has 0 spiro atoms. The van der Waals surface area contributed by atoms with E-state index in [0.717, 1.165) is 16.7 Å². The zero-order chi connectivity index (χ0) is 16.9. The van der Waals surface area contributed by atoms with Crippen molar-refractivity contribution < 1.29 is 9.18 Å². The lowest BCUT2D eigenvalue weighted by Gasteiger charge is -2.04. The largest absolute Gasteiger partial charge is 0.276 e. The van der Waals surface area contributed by atoms with E-state index in [0.29, 0.717) is 10.6 Å². The van der Waals surface area contributed by atoms with Crippen LogP contribution in [0.15, 0.2) is 63.5 Å². The average Bonchev–Trinajstić information content (AvgIpc) is 2.96. The second-order valence-electron chi connectivity index (χ2n) is 5.13. The Bertz CT molecular complexity index is 838. The molecule has 4 nitrogen and oxygen atoms in total. The standard InChI is InChI=1S/C18H14FN3OS/c1-12-17(11-23)24-18(21-12)22-20-10-13-2-4-14(5-3-13)15-6-8-16(19)9-7-15/h2-10,18,22H,1H3. The number of allylic oxidation sites excluding steroid dienone is 1. The summed E-state index contributed by atoms with van der Waals surface area (Å²) in [6.07, 6.45) is 1.68. The maximum atomic E-state index is 12.9. The van der Waals surface area contributed by atoms with Crippen molar-refractivity contribution >= 4 is 29.6 Å². The van der Waals surface area contributed by atoms with Crippen molar-refractivity contribution in [2.24, 2.45) is 10.1 Å². The Labute approximate surface area is 143 Å². The number of hydrazone groups is 1. The maximum Gasteiger partial charge on any atom is 0.186 e. The summed E-state index contributed by atoms with van der Waals surface area (Å²) in [4.78, 5) is 15.4. The summed E-state index contributed by atoms with van der Waals surface area (Å²) in [6, 6.07) is 14.1. The van der Waals surface area contributed by atoms with Gasteiger partial charge in [-0.25, -0.2) is 9.18 Å². The SMILES string of the molecule is CC1=NC(NN=Cc2ccc(-c3ccc(F)cc3)cc2)SC1=C=O. The van der Waals surface area contributed by atoms with Crippen LogP contribution in [0.3, 0.4) is 0 Å². The van der Waals surface area contributed by atoms with Gasteiger partial charge in [-0.2, -0.15) is 5.10 Å². The topological polar surface area (TPSA) is 53.8 Å².